The maximum atomic E-state index is 10.6. The summed E-state index contributed by atoms with van der Waals surface area (Å²) in [7, 11) is 0. The molecule has 0 aliphatic rings. The van der Waals surface area contributed by atoms with Crippen LogP contribution in [0, 0.1) is 0 Å². The summed E-state index contributed by atoms with van der Waals surface area (Å²) in [5, 5.41) is 0. The molecule has 0 N–H and O–H groups in total. The quantitative estimate of drug-likeness (QED) is 0.0628. The summed E-state index contributed by atoms with van der Waals surface area (Å²) < 4.78 is 43.0. The van der Waals surface area contributed by atoms with Crippen LogP contribution in [-0.4, -0.2) is 105 Å². The summed E-state index contributed by atoms with van der Waals surface area (Å²) in [5.74, 6) is -0.301. The molecule has 0 fully saturated rings. The van der Waals surface area contributed by atoms with Crippen molar-refractivity contribution >= 4 is 5.97 Å². The largest absolute Gasteiger partial charge is 0.463 e. The molecule has 0 atom stereocenters. The summed E-state index contributed by atoms with van der Waals surface area (Å²) in [6.45, 7) is 11.6. The summed E-state index contributed by atoms with van der Waals surface area (Å²) in [5.41, 5.74) is 0. The van der Waals surface area contributed by atoms with Crippen LogP contribution in [0.4, 0.5) is 0 Å². The van der Waals surface area contributed by atoms with Crippen LogP contribution in [0.5, 0.6) is 0 Å². The minimum Gasteiger partial charge on any atom is -0.463 e. The van der Waals surface area contributed by atoms with Crippen molar-refractivity contribution in [2.24, 2.45) is 0 Å². The molecule has 0 aromatic rings. The number of hydrogen-bond donors (Lipinski definition) is 0. The molecule has 0 heterocycles. The molecule has 0 unspecified atom stereocenters. The monoisotopic (exact) mass is 592 g/mol. The molecule has 0 bridgehead atoms. The van der Waals surface area contributed by atoms with Crippen LogP contribution < -0.4 is 0 Å². The second-order valence-electron chi connectivity index (χ2n) is 10.2. The van der Waals surface area contributed by atoms with Gasteiger partial charge in [0.15, 0.2) is 0 Å². The van der Waals surface area contributed by atoms with E-state index < -0.39 is 0 Å². The van der Waals surface area contributed by atoms with E-state index in [9.17, 15) is 4.79 Å². The number of esters is 1. The summed E-state index contributed by atoms with van der Waals surface area (Å²) >= 11 is 0. The molecule has 0 saturated heterocycles. The van der Waals surface area contributed by atoms with Gasteiger partial charge in [0.1, 0.15) is 6.61 Å². The van der Waals surface area contributed by atoms with Crippen molar-refractivity contribution in [2.75, 3.05) is 99.1 Å². The van der Waals surface area contributed by atoms with Crippen LogP contribution in [0.15, 0.2) is 0 Å². The second-order valence-corrected chi connectivity index (χ2v) is 10.2. The fourth-order valence-electron chi connectivity index (χ4n) is 4.06. The Morgan fingerprint density at radius 2 is 0.585 bits per heavy atom. The molecule has 0 aliphatic heterocycles. The van der Waals surface area contributed by atoms with Gasteiger partial charge >= 0.3 is 5.97 Å². The van der Waals surface area contributed by atoms with Crippen molar-refractivity contribution in [3.63, 3.8) is 0 Å². The minimum atomic E-state index is -0.301. The lowest BCUT2D eigenvalue weighted by Gasteiger charge is -2.08. The van der Waals surface area contributed by atoms with Crippen molar-refractivity contribution in [2.45, 2.75) is 104 Å². The van der Waals surface area contributed by atoms with Crippen molar-refractivity contribution in [1.29, 1.82) is 0 Å². The van der Waals surface area contributed by atoms with Crippen molar-refractivity contribution in [3.05, 3.63) is 0 Å². The molecule has 0 radical (unpaired) electrons. The van der Waals surface area contributed by atoms with Gasteiger partial charge in [0.2, 0.25) is 0 Å². The molecule has 0 aliphatic carbocycles. The first-order valence-electron chi connectivity index (χ1n) is 16.4. The number of carbonyl (C=O) groups excluding carboxylic acids is 1. The molecular weight excluding hydrogens is 528 g/mol. The van der Waals surface area contributed by atoms with Gasteiger partial charge in [-0.1, -0.05) is 90.4 Å². The number of unbranched alkanes of at least 4 members (excludes halogenated alkanes) is 13. The number of rotatable bonds is 36. The SMILES string of the molecule is CCCCCCCCCCCCCCCCOCCOCCOCCOCCOCCOCCOCCOC(C)=O. The molecule has 0 rings (SSSR count). The van der Waals surface area contributed by atoms with Crippen LogP contribution in [0.25, 0.3) is 0 Å². The first-order chi connectivity index (χ1) is 20.3. The van der Waals surface area contributed by atoms with Gasteiger partial charge in [-0.15, -0.1) is 0 Å². The van der Waals surface area contributed by atoms with Crippen molar-refractivity contribution in [1.82, 2.24) is 0 Å². The maximum absolute atomic E-state index is 10.6. The third-order valence-electron chi connectivity index (χ3n) is 6.41. The highest BCUT2D eigenvalue weighted by molar-refractivity contribution is 5.65. The minimum absolute atomic E-state index is 0.270. The van der Waals surface area contributed by atoms with Gasteiger partial charge in [-0.05, 0) is 6.42 Å². The van der Waals surface area contributed by atoms with Crippen LogP contribution >= 0.6 is 0 Å². The van der Waals surface area contributed by atoms with Gasteiger partial charge in [-0.3, -0.25) is 4.79 Å². The molecule has 246 valence electrons. The van der Waals surface area contributed by atoms with Crippen LogP contribution in [-0.2, 0) is 42.7 Å². The normalized spacial score (nSPS) is 11.4. The van der Waals surface area contributed by atoms with Gasteiger partial charge in [0.25, 0.3) is 0 Å². The third-order valence-corrected chi connectivity index (χ3v) is 6.41. The zero-order chi connectivity index (χ0) is 29.7. The van der Waals surface area contributed by atoms with E-state index in [1.807, 2.05) is 0 Å². The van der Waals surface area contributed by atoms with Gasteiger partial charge in [-0.25, -0.2) is 0 Å². The van der Waals surface area contributed by atoms with E-state index in [0.717, 1.165) is 13.0 Å². The summed E-state index contributed by atoms with van der Waals surface area (Å²) in [4.78, 5) is 10.6. The summed E-state index contributed by atoms with van der Waals surface area (Å²) in [6.07, 6.45) is 19.3. The standard InChI is InChI=1S/C32H64O9/c1-3-4-5-6-7-8-9-10-11-12-13-14-15-16-17-34-18-19-35-20-21-36-22-23-37-24-25-38-26-27-39-28-29-40-30-31-41-32(2)33/h3-31H2,1-2H3. The molecule has 9 heteroatoms. The maximum Gasteiger partial charge on any atom is 0.302 e. The zero-order valence-electron chi connectivity index (χ0n) is 26.7. The first kappa shape index (κ1) is 40.2. The topological polar surface area (TPSA) is 90.9 Å². The highest BCUT2D eigenvalue weighted by Gasteiger charge is 1.97. The van der Waals surface area contributed by atoms with Gasteiger partial charge in [-0.2, -0.15) is 0 Å². The van der Waals surface area contributed by atoms with E-state index in [1.54, 1.807) is 0 Å². The Morgan fingerprint density at radius 1 is 0.341 bits per heavy atom. The fourth-order valence-corrected chi connectivity index (χ4v) is 4.06. The Labute approximate surface area is 251 Å². The van der Waals surface area contributed by atoms with Crippen LogP contribution in [0.2, 0.25) is 0 Å². The zero-order valence-corrected chi connectivity index (χ0v) is 26.7. The molecule has 0 amide bonds. The van der Waals surface area contributed by atoms with Crippen LogP contribution in [0.1, 0.15) is 104 Å². The first-order valence-corrected chi connectivity index (χ1v) is 16.4. The van der Waals surface area contributed by atoms with E-state index in [4.69, 9.17) is 37.9 Å². The third kappa shape index (κ3) is 39.2. The number of ether oxygens (including phenoxy) is 8. The average Bonchev–Trinajstić information content (AvgIpc) is 2.97. The Hall–Kier alpha value is -0.810. The Morgan fingerprint density at radius 3 is 0.878 bits per heavy atom. The van der Waals surface area contributed by atoms with Gasteiger partial charge in [0.05, 0.1) is 85.9 Å². The molecule has 0 spiro atoms. The lowest BCUT2D eigenvalue weighted by Crippen LogP contribution is -2.15. The van der Waals surface area contributed by atoms with Crippen molar-refractivity contribution < 1.29 is 42.7 Å². The molecule has 0 aromatic carbocycles. The Balaban J connectivity index is 3.03. The van der Waals surface area contributed by atoms with Gasteiger partial charge < -0.3 is 37.9 Å². The predicted octanol–water partition coefficient (Wildman–Crippen LogP) is 6.15. The molecule has 9 nitrogen and oxygen atoms in total. The van der Waals surface area contributed by atoms with E-state index in [2.05, 4.69) is 6.92 Å². The highest BCUT2D eigenvalue weighted by Crippen LogP contribution is 2.12. The number of carbonyl (C=O) groups is 1. The Kier molecular flexibility index (Phi) is 36.5. The second kappa shape index (κ2) is 37.2. The molecule has 41 heavy (non-hydrogen) atoms. The van der Waals surface area contributed by atoms with Crippen molar-refractivity contribution in [3.8, 4) is 0 Å². The van der Waals surface area contributed by atoms with Gasteiger partial charge in [0, 0.05) is 13.5 Å². The average molecular weight is 593 g/mol. The predicted molar refractivity (Wildman–Crippen MR) is 163 cm³/mol. The smallest absolute Gasteiger partial charge is 0.302 e. The molecule has 0 saturated carbocycles. The lowest BCUT2D eigenvalue weighted by molar-refractivity contribution is -0.142. The van der Waals surface area contributed by atoms with E-state index in [-0.39, 0.29) is 12.6 Å². The molecular formula is C32H64O9. The van der Waals surface area contributed by atoms with E-state index in [0.29, 0.717) is 85.9 Å². The fraction of sp³-hybridized carbons (Fsp3) is 0.969. The van der Waals surface area contributed by atoms with E-state index in [1.165, 1.54) is 90.4 Å². The Bertz CT molecular complexity index is 494. The molecule has 0 aromatic heterocycles. The van der Waals surface area contributed by atoms with Crippen LogP contribution in [0.3, 0.4) is 0 Å². The lowest BCUT2D eigenvalue weighted by atomic mass is 10.0. The van der Waals surface area contributed by atoms with E-state index >= 15 is 0 Å². The number of hydrogen-bond acceptors (Lipinski definition) is 9. The highest BCUT2D eigenvalue weighted by atomic mass is 16.6. The summed E-state index contributed by atoms with van der Waals surface area (Å²) in [6, 6.07) is 0.